The zero-order chi connectivity index (χ0) is 23.8. The molecule has 3 aromatic rings. The van der Waals surface area contributed by atoms with Gasteiger partial charge in [-0.25, -0.2) is 8.42 Å². The molecule has 0 saturated heterocycles. The summed E-state index contributed by atoms with van der Waals surface area (Å²) in [5.41, 5.74) is 2.48. The van der Waals surface area contributed by atoms with Gasteiger partial charge < -0.3 is 19.7 Å². The van der Waals surface area contributed by atoms with Crippen molar-refractivity contribution in [2.24, 2.45) is 0 Å². The molecule has 174 valence electrons. The molecular weight excluding hydrogens is 446 g/mol. The van der Waals surface area contributed by atoms with Crippen LogP contribution in [-0.4, -0.2) is 50.5 Å². The van der Waals surface area contributed by atoms with Crippen LogP contribution in [0.1, 0.15) is 5.56 Å². The number of hydrogen-bond donors (Lipinski definition) is 3. The minimum Gasteiger partial charge on any atom is -0.497 e. The molecule has 0 amide bonds. The first-order valence-electron chi connectivity index (χ1n) is 10.1. The van der Waals surface area contributed by atoms with Crippen LogP contribution in [0, 0.1) is 0 Å². The Morgan fingerprint density at radius 3 is 2.06 bits per heavy atom. The summed E-state index contributed by atoms with van der Waals surface area (Å²) in [4.78, 5) is 11.5. The third-order valence-electron chi connectivity index (χ3n) is 4.92. The second kappa shape index (κ2) is 11.1. The zero-order valence-corrected chi connectivity index (χ0v) is 18.7. The number of aliphatic hydroxyl groups excluding tert-OH is 1. The lowest BCUT2D eigenvalue weighted by atomic mass is 10.1. The van der Waals surface area contributed by atoms with Crippen molar-refractivity contribution in [1.29, 1.82) is 0 Å². The van der Waals surface area contributed by atoms with Gasteiger partial charge in [-0.3, -0.25) is 4.79 Å². The number of carbonyl (C=O) groups is 1. The zero-order valence-electron chi connectivity index (χ0n) is 17.9. The number of aliphatic hydroxyl groups is 1. The largest absolute Gasteiger partial charge is 0.497 e. The van der Waals surface area contributed by atoms with Gasteiger partial charge in [0.2, 0.25) is 10.0 Å². The number of ether oxygens (including phenoxy) is 2. The van der Waals surface area contributed by atoms with Crippen molar-refractivity contribution >= 4 is 16.0 Å². The van der Waals surface area contributed by atoms with Crippen molar-refractivity contribution in [2.45, 2.75) is 23.6 Å². The summed E-state index contributed by atoms with van der Waals surface area (Å²) >= 11 is 0. The number of aliphatic carboxylic acids is 1. The molecule has 3 aromatic carbocycles. The van der Waals surface area contributed by atoms with Gasteiger partial charge in [-0.15, -0.1) is 0 Å². The number of sulfonamides is 1. The van der Waals surface area contributed by atoms with Crippen LogP contribution in [0.4, 0.5) is 0 Å². The van der Waals surface area contributed by atoms with E-state index in [2.05, 4.69) is 4.72 Å². The van der Waals surface area contributed by atoms with Crippen molar-refractivity contribution < 1.29 is 32.9 Å². The lowest BCUT2D eigenvalue weighted by molar-refractivity contribution is -0.143. The van der Waals surface area contributed by atoms with Crippen molar-refractivity contribution in [1.82, 2.24) is 4.72 Å². The summed E-state index contributed by atoms with van der Waals surface area (Å²) in [6.45, 7) is -0.200. The quantitative estimate of drug-likeness (QED) is 0.393. The summed E-state index contributed by atoms with van der Waals surface area (Å²) in [6, 6.07) is 20.6. The van der Waals surface area contributed by atoms with E-state index in [4.69, 9.17) is 9.47 Å². The lowest BCUT2D eigenvalue weighted by Crippen LogP contribution is -2.50. The molecule has 0 heterocycles. The van der Waals surface area contributed by atoms with Crippen LogP contribution >= 0.6 is 0 Å². The first-order chi connectivity index (χ1) is 15.8. The van der Waals surface area contributed by atoms with Crippen LogP contribution in [0.2, 0.25) is 0 Å². The predicted molar refractivity (Wildman–Crippen MR) is 122 cm³/mol. The first kappa shape index (κ1) is 24.4. The number of carboxylic acids is 1. The molecule has 0 spiro atoms. The van der Waals surface area contributed by atoms with Crippen molar-refractivity contribution in [3.05, 3.63) is 84.4 Å². The molecule has 0 aliphatic rings. The first-order valence-corrected chi connectivity index (χ1v) is 11.6. The SMILES string of the molecule is COc1ccc(-c2ccc(S(=O)(=O)NC(C(=O)O)C(O)COCc3ccccc3)cc2)cc1. The maximum Gasteiger partial charge on any atom is 0.324 e. The normalized spacial score (nSPS) is 13.3. The van der Waals surface area contributed by atoms with Gasteiger partial charge in [-0.1, -0.05) is 54.6 Å². The predicted octanol–water partition coefficient (Wildman–Crippen LogP) is 2.67. The molecule has 0 saturated carbocycles. The standard InChI is InChI=1S/C24H25NO7S/c1-31-20-11-7-18(8-12-20)19-9-13-21(14-10-19)33(29,30)25-23(24(27)28)22(26)16-32-15-17-5-3-2-4-6-17/h2-14,22-23,25-26H,15-16H2,1H3,(H,27,28). The monoisotopic (exact) mass is 471 g/mol. The van der Waals surface area contributed by atoms with Crippen LogP contribution in [0.15, 0.2) is 83.8 Å². The van der Waals surface area contributed by atoms with Gasteiger partial charge in [0.1, 0.15) is 17.9 Å². The average molecular weight is 472 g/mol. The highest BCUT2D eigenvalue weighted by Gasteiger charge is 2.32. The Morgan fingerprint density at radius 1 is 0.939 bits per heavy atom. The van der Waals surface area contributed by atoms with Gasteiger partial charge in [0.05, 0.1) is 25.2 Å². The van der Waals surface area contributed by atoms with Gasteiger partial charge in [0.25, 0.3) is 0 Å². The fourth-order valence-electron chi connectivity index (χ4n) is 3.11. The van der Waals surface area contributed by atoms with E-state index in [9.17, 15) is 23.4 Å². The number of rotatable bonds is 11. The highest BCUT2D eigenvalue weighted by molar-refractivity contribution is 7.89. The van der Waals surface area contributed by atoms with Crippen LogP contribution in [-0.2, 0) is 26.2 Å². The molecule has 0 bridgehead atoms. The Balaban J connectivity index is 1.66. The van der Waals surface area contributed by atoms with Gasteiger partial charge in [-0.2, -0.15) is 4.72 Å². The van der Waals surface area contributed by atoms with Crippen LogP contribution in [0.25, 0.3) is 11.1 Å². The summed E-state index contributed by atoms with van der Waals surface area (Å²) in [6.07, 6.45) is -1.58. The fourth-order valence-corrected chi connectivity index (χ4v) is 4.33. The highest BCUT2D eigenvalue weighted by Crippen LogP contribution is 2.24. The second-order valence-corrected chi connectivity index (χ2v) is 8.97. The molecule has 0 aromatic heterocycles. The smallest absolute Gasteiger partial charge is 0.324 e. The van der Waals surface area contributed by atoms with Crippen molar-refractivity contribution in [3.8, 4) is 16.9 Å². The Hall–Kier alpha value is -3.24. The maximum absolute atomic E-state index is 12.7. The van der Waals surface area contributed by atoms with E-state index in [1.807, 2.05) is 42.5 Å². The van der Waals surface area contributed by atoms with E-state index in [1.165, 1.54) is 12.1 Å². The number of nitrogens with one attached hydrogen (secondary N) is 1. The van der Waals surface area contributed by atoms with E-state index in [1.54, 1.807) is 31.4 Å². The maximum atomic E-state index is 12.7. The van der Waals surface area contributed by atoms with E-state index in [0.717, 1.165) is 16.7 Å². The molecule has 8 nitrogen and oxygen atoms in total. The minimum absolute atomic E-state index is 0.122. The molecule has 2 unspecified atom stereocenters. The van der Waals surface area contributed by atoms with Crippen LogP contribution in [0.3, 0.4) is 0 Å². The van der Waals surface area contributed by atoms with Gasteiger partial charge >= 0.3 is 5.97 Å². The molecule has 3 rings (SSSR count). The molecule has 0 fully saturated rings. The topological polar surface area (TPSA) is 122 Å². The molecule has 33 heavy (non-hydrogen) atoms. The Bertz CT molecular complexity index is 1150. The highest BCUT2D eigenvalue weighted by atomic mass is 32.2. The van der Waals surface area contributed by atoms with Crippen LogP contribution < -0.4 is 9.46 Å². The van der Waals surface area contributed by atoms with Gasteiger partial charge in [0.15, 0.2) is 0 Å². The van der Waals surface area contributed by atoms with Crippen molar-refractivity contribution in [3.63, 3.8) is 0 Å². The summed E-state index contributed by atoms with van der Waals surface area (Å²) in [7, 11) is -2.63. The Kier molecular flexibility index (Phi) is 8.18. The number of carboxylic acid groups (broad SMARTS) is 1. The van der Waals surface area contributed by atoms with Crippen molar-refractivity contribution in [2.75, 3.05) is 13.7 Å². The minimum atomic E-state index is -4.20. The Labute approximate surface area is 192 Å². The third-order valence-corrected chi connectivity index (χ3v) is 6.38. The van der Waals surface area contributed by atoms with E-state index in [0.29, 0.717) is 5.75 Å². The number of hydrogen-bond acceptors (Lipinski definition) is 6. The molecule has 9 heteroatoms. The average Bonchev–Trinajstić information content (AvgIpc) is 2.83. The molecule has 0 radical (unpaired) electrons. The third kappa shape index (κ3) is 6.62. The molecule has 0 aliphatic heterocycles. The lowest BCUT2D eigenvalue weighted by Gasteiger charge is -2.20. The molecule has 2 atom stereocenters. The summed E-state index contributed by atoms with van der Waals surface area (Å²) in [5, 5.41) is 19.7. The second-order valence-electron chi connectivity index (χ2n) is 7.26. The van der Waals surface area contributed by atoms with Crippen LogP contribution in [0.5, 0.6) is 5.75 Å². The van der Waals surface area contributed by atoms with E-state index >= 15 is 0 Å². The molecule has 3 N–H and O–H groups in total. The summed E-state index contributed by atoms with van der Waals surface area (Å²) < 4.78 is 38.0. The van der Waals surface area contributed by atoms with E-state index in [-0.39, 0.29) is 18.1 Å². The van der Waals surface area contributed by atoms with Gasteiger partial charge in [-0.05, 0) is 41.0 Å². The van der Waals surface area contributed by atoms with Gasteiger partial charge in [0, 0.05) is 0 Å². The number of benzene rings is 3. The molecule has 0 aliphatic carbocycles. The summed E-state index contributed by atoms with van der Waals surface area (Å²) in [5.74, 6) is -0.808. The number of methoxy groups -OCH3 is 1. The van der Waals surface area contributed by atoms with E-state index < -0.39 is 28.1 Å². The molecular formula is C24H25NO7S. The fraction of sp³-hybridized carbons (Fsp3) is 0.208. The Morgan fingerprint density at radius 2 is 1.52 bits per heavy atom.